The van der Waals surface area contributed by atoms with Crippen molar-refractivity contribution in [1.29, 1.82) is 0 Å². The Labute approximate surface area is 149 Å². The highest BCUT2D eigenvalue weighted by atomic mass is 35.5. The highest BCUT2D eigenvalue weighted by molar-refractivity contribution is 6.31. The fourth-order valence-electron chi connectivity index (χ4n) is 2.91. The Hall–Kier alpha value is -2.54. The fourth-order valence-corrected chi connectivity index (χ4v) is 3.08. The number of aromatic nitrogens is 2. The second kappa shape index (κ2) is 7.57. The number of phenolic OH excluding ortho intramolecular Hbond substituents is 1. The van der Waals surface area contributed by atoms with Gasteiger partial charge in [0.05, 0.1) is 12.2 Å². The van der Waals surface area contributed by atoms with Gasteiger partial charge < -0.3 is 15.2 Å². The summed E-state index contributed by atoms with van der Waals surface area (Å²) in [5.41, 5.74) is -0.0868. The predicted octanol–water partition coefficient (Wildman–Crippen LogP) is 3.15. The predicted molar refractivity (Wildman–Crippen MR) is 91.8 cm³/mol. The molecule has 0 atom stereocenters. The maximum atomic E-state index is 12.0. The zero-order chi connectivity index (χ0) is 17.8. The molecule has 1 heterocycles. The first-order chi connectivity index (χ1) is 12.0. The average Bonchev–Trinajstić information content (AvgIpc) is 3.26. The van der Waals surface area contributed by atoms with Crippen molar-refractivity contribution in [2.45, 2.75) is 31.7 Å². The molecule has 1 aliphatic carbocycles. The highest BCUT2D eigenvalue weighted by Gasteiger charge is 2.21. The average molecular weight is 364 g/mol. The molecule has 8 heteroatoms. The van der Waals surface area contributed by atoms with E-state index < -0.39 is 18.5 Å². The van der Waals surface area contributed by atoms with E-state index in [1.165, 1.54) is 18.2 Å². The first-order valence-corrected chi connectivity index (χ1v) is 8.41. The minimum atomic E-state index is -0.820. The molecule has 1 saturated carbocycles. The summed E-state index contributed by atoms with van der Waals surface area (Å²) in [4.78, 5) is 24.0. The molecule has 2 aromatic rings. The highest BCUT2D eigenvalue weighted by Crippen LogP contribution is 2.31. The van der Waals surface area contributed by atoms with Crippen LogP contribution in [0.25, 0.3) is 0 Å². The van der Waals surface area contributed by atoms with Crippen LogP contribution in [-0.4, -0.2) is 33.4 Å². The maximum absolute atomic E-state index is 12.0. The number of phenols is 1. The van der Waals surface area contributed by atoms with Crippen molar-refractivity contribution >= 4 is 29.3 Å². The zero-order valence-electron chi connectivity index (χ0n) is 13.4. The van der Waals surface area contributed by atoms with Crippen molar-refractivity contribution in [3.8, 4) is 5.75 Å². The van der Waals surface area contributed by atoms with Crippen molar-refractivity contribution in [3.05, 3.63) is 41.0 Å². The number of aromatic hydroxyl groups is 1. The van der Waals surface area contributed by atoms with Crippen LogP contribution >= 0.6 is 11.6 Å². The number of hydrogen-bond donors (Lipinski definition) is 2. The minimum Gasteiger partial charge on any atom is -0.507 e. The van der Waals surface area contributed by atoms with Gasteiger partial charge in [-0.2, -0.15) is 5.10 Å². The second-order valence-corrected chi connectivity index (χ2v) is 6.32. The summed E-state index contributed by atoms with van der Waals surface area (Å²) in [5, 5.41) is 16.9. The van der Waals surface area contributed by atoms with Crippen LogP contribution in [0.3, 0.4) is 0 Å². The molecule has 0 unspecified atom stereocenters. The smallest absolute Gasteiger partial charge is 0.342 e. The number of halogens is 1. The monoisotopic (exact) mass is 363 g/mol. The number of nitrogens with zero attached hydrogens (tertiary/aromatic N) is 2. The second-order valence-electron chi connectivity index (χ2n) is 5.89. The molecule has 0 spiro atoms. The van der Waals surface area contributed by atoms with Crippen molar-refractivity contribution in [1.82, 2.24) is 9.78 Å². The lowest BCUT2D eigenvalue weighted by atomic mass is 10.2. The standard InChI is InChI=1S/C17H18ClN3O4/c18-11-5-6-14(22)13(9-11)17(24)25-10-16(23)20-15-7-8-19-21(15)12-3-1-2-4-12/h5-9,12,22H,1-4,10H2,(H,20,23). The van der Waals surface area contributed by atoms with E-state index in [2.05, 4.69) is 10.4 Å². The maximum Gasteiger partial charge on any atom is 0.342 e. The molecule has 25 heavy (non-hydrogen) atoms. The number of esters is 1. The molecule has 1 aromatic carbocycles. The molecule has 1 fully saturated rings. The van der Waals surface area contributed by atoms with Crippen LogP contribution in [-0.2, 0) is 9.53 Å². The van der Waals surface area contributed by atoms with Crippen molar-refractivity contribution < 1.29 is 19.4 Å². The minimum absolute atomic E-state index is 0.0868. The molecule has 1 aliphatic rings. The largest absolute Gasteiger partial charge is 0.507 e. The lowest BCUT2D eigenvalue weighted by Gasteiger charge is -2.14. The van der Waals surface area contributed by atoms with Gasteiger partial charge in [-0.3, -0.25) is 4.79 Å². The summed E-state index contributed by atoms with van der Waals surface area (Å²) >= 11 is 5.79. The van der Waals surface area contributed by atoms with E-state index in [0.717, 1.165) is 25.7 Å². The number of rotatable bonds is 5. The van der Waals surface area contributed by atoms with Gasteiger partial charge in [-0.25, -0.2) is 9.48 Å². The number of nitrogens with one attached hydrogen (secondary N) is 1. The number of hydrogen-bond acceptors (Lipinski definition) is 5. The number of ether oxygens (including phenoxy) is 1. The van der Waals surface area contributed by atoms with E-state index in [-0.39, 0.29) is 22.4 Å². The van der Waals surface area contributed by atoms with E-state index >= 15 is 0 Å². The quantitative estimate of drug-likeness (QED) is 0.796. The molecule has 2 N–H and O–H groups in total. The Bertz CT molecular complexity index is 784. The van der Waals surface area contributed by atoms with Gasteiger partial charge in [0.15, 0.2) is 6.61 Å². The topological polar surface area (TPSA) is 93.5 Å². The summed E-state index contributed by atoms with van der Waals surface area (Å²) in [6.45, 7) is -0.472. The van der Waals surface area contributed by atoms with Crippen LogP contribution in [0.15, 0.2) is 30.5 Å². The molecule has 1 amide bonds. The van der Waals surface area contributed by atoms with E-state index in [4.69, 9.17) is 16.3 Å². The first kappa shape index (κ1) is 17.3. The van der Waals surface area contributed by atoms with Crippen LogP contribution in [0.5, 0.6) is 5.75 Å². The lowest BCUT2D eigenvalue weighted by Crippen LogP contribution is -2.23. The Morgan fingerprint density at radius 3 is 2.84 bits per heavy atom. The number of carbonyl (C=O) groups is 2. The summed E-state index contributed by atoms with van der Waals surface area (Å²) in [6, 6.07) is 6.02. The molecule has 0 radical (unpaired) electrons. The Morgan fingerprint density at radius 2 is 2.08 bits per heavy atom. The van der Waals surface area contributed by atoms with E-state index in [0.29, 0.717) is 5.82 Å². The van der Waals surface area contributed by atoms with E-state index in [1.807, 2.05) is 0 Å². The molecule has 1 aromatic heterocycles. The van der Waals surface area contributed by atoms with Crippen LogP contribution in [0.2, 0.25) is 5.02 Å². The van der Waals surface area contributed by atoms with Crippen LogP contribution in [0.4, 0.5) is 5.82 Å². The van der Waals surface area contributed by atoms with Crippen molar-refractivity contribution in [2.75, 3.05) is 11.9 Å². The molecule has 0 saturated heterocycles. The van der Waals surface area contributed by atoms with Crippen molar-refractivity contribution in [3.63, 3.8) is 0 Å². The van der Waals surface area contributed by atoms with Crippen molar-refractivity contribution in [2.24, 2.45) is 0 Å². The summed E-state index contributed by atoms with van der Waals surface area (Å²) in [7, 11) is 0. The van der Waals surface area contributed by atoms with Gasteiger partial charge in [0.25, 0.3) is 5.91 Å². The van der Waals surface area contributed by atoms with E-state index in [9.17, 15) is 14.7 Å². The zero-order valence-corrected chi connectivity index (χ0v) is 14.2. The Balaban J connectivity index is 1.57. The Kier molecular flexibility index (Phi) is 5.23. The summed E-state index contributed by atoms with van der Waals surface area (Å²) < 4.78 is 6.74. The third-order valence-electron chi connectivity index (χ3n) is 4.12. The SMILES string of the molecule is O=C(COC(=O)c1cc(Cl)ccc1O)Nc1ccnn1C1CCCC1. The van der Waals surface area contributed by atoms with Gasteiger partial charge in [0, 0.05) is 11.1 Å². The first-order valence-electron chi connectivity index (χ1n) is 8.03. The number of anilines is 1. The van der Waals surface area contributed by atoms with Gasteiger partial charge in [-0.1, -0.05) is 24.4 Å². The number of amides is 1. The van der Waals surface area contributed by atoms with Crippen LogP contribution < -0.4 is 5.32 Å². The number of carbonyl (C=O) groups excluding carboxylic acids is 2. The summed E-state index contributed by atoms with van der Waals surface area (Å²) in [6.07, 6.45) is 6.00. The molecule has 3 rings (SSSR count). The molecular weight excluding hydrogens is 346 g/mol. The number of benzene rings is 1. The molecule has 7 nitrogen and oxygen atoms in total. The molecular formula is C17H18ClN3O4. The normalized spacial score (nSPS) is 14.4. The van der Waals surface area contributed by atoms with Crippen LogP contribution in [0.1, 0.15) is 42.1 Å². The van der Waals surface area contributed by atoms with Gasteiger partial charge in [-0.15, -0.1) is 0 Å². The fraction of sp³-hybridized carbons (Fsp3) is 0.353. The molecule has 0 aliphatic heterocycles. The van der Waals surface area contributed by atoms with Crippen LogP contribution in [0, 0.1) is 0 Å². The van der Waals surface area contributed by atoms with Gasteiger partial charge >= 0.3 is 5.97 Å². The van der Waals surface area contributed by atoms with Gasteiger partial charge in [0.2, 0.25) is 0 Å². The van der Waals surface area contributed by atoms with Gasteiger partial charge in [-0.05, 0) is 31.0 Å². The van der Waals surface area contributed by atoms with Gasteiger partial charge in [0.1, 0.15) is 17.1 Å². The molecule has 132 valence electrons. The third-order valence-corrected chi connectivity index (χ3v) is 4.36. The van der Waals surface area contributed by atoms with E-state index in [1.54, 1.807) is 16.9 Å². The summed E-state index contributed by atoms with van der Waals surface area (Å²) in [5.74, 6) is -0.971. The molecule has 0 bridgehead atoms. The third kappa shape index (κ3) is 4.11. The lowest BCUT2D eigenvalue weighted by molar-refractivity contribution is -0.119. The Morgan fingerprint density at radius 1 is 1.32 bits per heavy atom.